The fraction of sp³-hybridized carbons (Fsp3) is 0.320. The Morgan fingerprint density at radius 1 is 1.00 bits per heavy atom. The van der Waals surface area contributed by atoms with E-state index in [4.69, 9.17) is 9.15 Å². The molecule has 1 aromatic heterocycles. The summed E-state index contributed by atoms with van der Waals surface area (Å²) in [5.41, 5.74) is -0.105. The summed E-state index contributed by atoms with van der Waals surface area (Å²) >= 11 is 0. The molecular weight excluding hydrogens is 497 g/mol. The Bertz CT molecular complexity index is 1220. The topological polar surface area (TPSA) is 80.1 Å². The third kappa shape index (κ3) is 7.42. The number of carbonyl (C=O) groups is 1. The molecule has 2 aromatic carbocycles. The van der Waals surface area contributed by atoms with Gasteiger partial charge in [0.1, 0.15) is 5.76 Å². The molecule has 11 heteroatoms. The molecule has 3 rings (SSSR count). The van der Waals surface area contributed by atoms with Crippen molar-refractivity contribution < 1.29 is 35.5 Å². The van der Waals surface area contributed by atoms with Crippen molar-refractivity contribution in [1.82, 2.24) is 9.21 Å². The number of hydrogen-bond donors (Lipinski definition) is 0. The highest BCUT2D eigenvalue weighted by molar-refractivity contribution is 7.89. The van der Waals surface area contributed by atoms with Crippen LogP contribution >= 0.6 is 0 Å². The lowest BCUT2D eigenvalue weighted by atomic mass is 10.1. The standard InChI is InChI=1S/C25H27F3N2O5S/c1-34-16-14-30(36(32,33)23-11-5-9-21(17-23)25(26,27)28)19-24(31)29(18-22-10-6-15-35-22)13-12-20-7-3-2-4-8-20/h2-11,15,17H,12-14,16,18-19H2,1H3. The first kappa shape index (κ1) is 27.4. The molecule has 1 amide bonds. The summed E-state index contributed by atoms with van der Waals surface area (Å²) in [6.45, 7) is -0.440. The minimum Gasteiger partial charge on any atom is -0.467 e. The predicted octanol–water partition coefficient (Wildman–Crippen LogP) is 4.21. The van der Waals surface area contributed by atoms with Gasteiger partial charge in [-0.25, -0.2) is 8.42 Å². The highest BCUT2D eigenvalue weighted by Crippen LogP contribution is 2.31. The van der Waals surface area contributed by atoms with E-state index in [-0.39, 0.29) is 26.2 Å². The maximum absolute atomic E-state index is 13.3. The number of benzene rings is 2. The number of hydrogen-bond acceptors (Lipinski definition) is 5. The summed E-state index contributed by atoms with van der Waals surface area (Å²) in [5, 5.41) is 0. The van der Waals surface area contributed by atoms with Gasteiger partial charge in [-0.2, -0.15) is 17.5 Å². The Morgan fingerprint density at radius 3 is 2.39 bits per heavy atom. The van der Waals surface area contributed by atoms with Crippen LogP contribution < -0.4 is 0 Å². The number of ether oxygens (including phenoxy) is 1. The smallest absolute Gasteiger partial charge is 0.416 e. The summed E-state index contributed by atoms with van der Waals surface area (Å²) in [6.07, 6.45) is -2.72. The number of carbonyl (C=O) groups excluding carboxylic acids is 1. The summed E-state index contributed by atoms with van der Waals surface area (Å²) in [6, 6.07) is 16.3. The van der Waals surface area contributed by atoms with E-state index in [0.29, 0.717) is 18.2 Å². The van der Waals surface area contributed by atoms with E-state index in [0.717, 1.165) is 28.1 Å². The second-order valence-corrected chi connectivity index (χ2v) is 9.93. The molecule has 0 unspecified atom stereocenters. The molecule has 0 radical (unpaired) electrons. The van der Waals surface area contributed by atoms with Gasteiger partial charge in [-0.1, -0.05) is 36.4 Å². The van der Waals surface area contributed by atoms with Gasteiger partial charge in [-0.3, -0.25) is 4.79 Å². The van der Waals surface area contributed by atoms with Crippen molar-refractivity contribution in [2.45, 2.75) is 24.0 Å². The van der Waals surface area contributed by atoms with Gasteiger partial charge in [0.2, 0.25) is 15.9 Å². The highest BCUT2D eigenvalue weighted by Gasteiger charge is 2.34. The predicted molar refractivity (Wildman–Crippen MR) is 126 cm³/mol. The van der Waals surface area contributed by atoms with Gasteiger partial charge in [0.05, 0.1) is 36.4 Å². The molecule has 0 saturated heterocycles. The number of halogens is 3. The largest absolute Gasteiger partial charge is 0.467 e. The van der Waals surface area contributed by atoms with E-state index >= 15 is 0 Å². The van der Waals surface area contributed by atoms with Gasteiger partial charge in [-0.05, 0) is 42.3 Å². The van der Waals surface area contributed by atoms with Crippen LogP contribution in [0.25, 0.3) is 0 Å². The van der Waals surface area contributed by atoms with E-state index in [9.17, 15) is 26.4 Å². The molecule has 0 atom stereocenters. The first-order valence-corrected chi connectivity index (χ1v) is 12.6. The van der Waals surface area contributed by atoms with Gasteiger partial charge < -0.3 is 14.1 Å². The van der Waals surface area contributed by atoms with Gasteiger partial charge in [-0.15, -0.1) is 0 Å². The van der Waals surface area contributed by atoms with E-state index < -0.39 is 39.1 Å². The Labute approximate surface area is 208 Å². The molecule has 0 aliphatic carbocycles. The zero-order chi connectivity index (χ0) is 26.2. The van der Waals surface area contributed by atoms with Crippen molar-refractivity contribution in [2.75, 3.05) is 33.4 Å². The molecule has 0 aliphatic heterocycles. The molecular formula is C25H27F3N2O5S. The summed E-state index contributed by atoms with van der Waals surface area (Å²) in [4.78, 5) is 14.2. The summed E-state index contributed by atoms with van der Waals surface area (Å²) < 4.78 is 77.3. The quantitative estimate of drug-likeness (QED) is 0.355. The Hall–Kier alpha value is -3.15. The molecule has 0 spiro atoms. The lowest BCUT2D eigenvalue weighted by Crippen LogP contribution is -2.44. The first-order chi connectivity index (χ1) is 17.1. The summed E-state index contributed by atoms with van der Waals surface area (Å²) in [5.74, 6) is -0.00502. The van der Waals surface area contributed by atoms with E-state index in [1.165, 1.54) is 18.3 Å². The number of amides is 1. The first-order valence-electron chi connectivity index (χ1n) is 11.1. The molecule has 0 bridgehead atoms. The number of alkyl halides is 3. The maximum atomic E-state index is 13.3. The van der Waals surface area contributed by atoms with Crippen LogP contribution in [0.15, 0.2) is 82.3 Å². The molecule has 0 aliphatic rings. The number of methoxy groups -OCH3 is 1. The molecule has 7 nitrogen and oxygen atoms in total. The molecule has 194 valence electrons. The fourth-order valence-electron chi connectivity index (χ4n) is 3.50. The lowest BCUT2D eigenvalue weighted by molar-refractivity contribution is -0.137. The van der Waals surface area contributed by atoms with E-state index in [1.54, 1.807) is 12.1 Å². The average Bonchev–Trinajstić information content (AvgIpc) is 3.37. The molecule has 36 heavy (non-hydrogen) atoms. The zero-order valence-corrected chi connectivity index (χ0v) is 20.5. The van der Waals surface area contributed by atoms with Crippen LogP contribution in [0.3, 0.4) is 0 Å². The van der Waals surface area contributed by atoms with Crippen molar-refractivity contribution in [1.29, 1.82) is 0 Å². The summed E-state index contributed by atoms with van der Waals surface area (Å²) in [7, 11) is -3.07. The van der Waals surface area contributed by atoms with Crippen LogP contribution in [0.2, 0.25) is 0 Å². The molecule has 0 fully saturated rings. The Kier molecular flexibility index (Phi) is 9.30. The van der Waals surface area contributed by atoms with Gasteiger partial charge in [0.25, 0.3) is 0 Å². The second kappa shape index (κ2) is 12.2. The van der Waals surface area contributed by atoms with Crippen LogP contribution in [-0.4, -0.2) is 56.9 Å². The third-order valence-electron chi connectivity index (χ3n) is 5.45. The molecule has 3 aromatic rings. The Balaban J connectivity index is 1.84. The van der Waals surface area contributed by atoms with Crippen LogP contribution in [0.4, 0.5) is 13.2 Å². The number of rotatable bonds is 12. The monoisotopic (exact) mass is 524 g/mol. The lowest BCUT2D eigenvalue weighted by Gasteiger charge is -2.27. The van der Waals surface area contributed by atoms with Crippen LogP contribution in [0, 0.1) is 0 Å². The maximum Gasteiger partial charge on any atom is 0.416 e. The minimum absolute atomic E-state index is 0.0479. The normalized spacial score (nSPS) is 12.1. The average molecular weight is 525 g/mol. The highest BCUT2D eigenvalue weighted by atomic mass is 32.2. The van der Waals surface area contributed by atoms with Crippen molar-refractivity contribution in [2.24, 2.45) is 0 Å². The van der Waals surface area contributed by atoms with Gasteiger partial charge in [0, 0.05) is 20.2 Å². The van der Waals surface area contributed by atoms with E-state index in [2.05, 4.69) is 0 Å². The minimum atomic E-state index is -4.71. The second-order valence-electron chi connectivity index (χ2n) is 7.99. The van der Waals surface area contributed by atoms with Gasteiger partial charge >= 0.3 is 6.18 Å². The SMILES string of the molecule is COCCN(CC(=O)N(CCc1ccccc1)Cc1ccco1)S(=O)(=O)c1cccc(C(F)(F)F)c1. The third-order valence-corrected chi connectivity index (χ3v) is 7.29. The molecule has 1 heterocycles. The number of sulfonamides is 1. The van der Waals surface area contributed by atoms with Crippen LogP contribution in [0.5, 0.6) is 0 Å². The van der Waals surface area contributed by atoms with Crippen molar-refractivity contribution in [3.05, 3.63) is 89.9 Å². The van der Waals surface area contributed by atoms with Crippen LogP contribution in [-0.2, 0) is 38.7 Å². The van der Waals surface area contributed by atoms with E-state index in [1.807, 2.05) is 30.3 Å². The molecule has 0 N–H and O–H groups in total. The number of furan rings is 1. The number of nitrogens with zero attached hydrogens (tertiary/aromatic N) is 2. The van der Waals surface area contributed by atoms with Gasteiger partial charge in [0.15, 0.2) is 0 Å². The van der Waals surface area contributed by atoms with Crippen LogP contribution in [0.1, 0.15) is 16.9 Å². The molecule has 0 saturated carbocycles. The fourth-order valence-corrected chi connectivity index (χ4v) is 4.92. The Morgan fingerprint density at radius 2 is 1.75 bits per heavy atom. The van der Waals surface area contributed by atoms with Crippen molar-refractivity contribution in [3.8, 4) is 0 Å². The van der Waals surface area contributed by atoms with Crippen molar-refractivity contribution in [3.63, 3.8) is 0 Å². The zero-order valence-electron chi connectivity index (χ0n) is 19.6. The van der Waals surface area contributed by atoms with Crippen molar-refractivity contribution >= 4 is 15.9 Å².